The number of fused-ring (bicyclic) bond motifs is 1. The average Bonchev–Trinajstić information content (AvgIpc) is 3.41. The molecule has 0 saturated carbocycles. The van der Waals surface area contributed by atoms with Crippen LogP contribution in [0.1, 0.15) is 40.4 Å². The van der Waals surface area contributed by atoms with Crippen molar-refractivity contribution in [2.24, 2.45) is 0 Å². The van der Waals surface area contributed by atoms with E-state index in [-0.39, 0.29) is 11.9 Å². The number of hydrogen-bond donors (Lipinski definition) is 0. The molecule has 0 N–H and O–H groups in total. The molecule has 1 atom stereocenters. The van der Waals surface area contributed by atoms with Gasteiger partial charge in [0, 0.05) is 30.1 Å². The third-order valence-electron chi connectivity index (χ3n) is 5.36. The molecule has 2 heterocycles. The van der Waals surface area contributed by atoms with Gasteiger partial charge in [0.2, 0.25) is 0 Å². The summed E-state index contributed by atoms with van der Waals surface area (Å²) in [6.07, 6.45) is 6.07. The minimum Gasteiger partial charge on any atom is -0.493 e. The van der Waals surface area contributed by atoms with Crippen molar-refractivity contribution >= 4 is 5.91 Å². The van der Waals surface area contributed by atoms with Gasteiger partial charge in [0.25, 0.3) is 5.91 Å². The molecule has 0 spiro atoms. The van der Waals surface area contributed by atoms with E-state index in [0.717, 1.165) is 41.7 Å². The van der Waals surface area contributed by atoms with Crippen LogP contribution in [-0.2, 0) is 19.4 Å². The third kappa shape index (κ3) is 4.11. The molecule has 4 rings (SSSR count). The van der Waals surface area contributed by atoms with E-state index in [1.54, 1.807) is 12.5 Å². The number of benzene rings is 2. The number of carbonyl (C=O) groups excluding carboxylic acids is 1. The molecule has 0 radical (unpaired) electrons. The first-order chi connectivity index (χ1) is 13.7. The molecule has 2 aromatic carbocycles. The second-order valence-electron chi connectivity index (χ2n) is 7.36. The number of furan rings is 1. The van der Waals surface area contributed by atoms with Crippen molar-refractivity contribution in [2.45, 2.75) is 38.8 Å². The van der Waals surface area contributed by atoms with Gasteiger partial charge in [-0.2, -0.15) is 0 Å². The van der Waals surface area contributed by atoms with Crippen molar-refractivity contribution in [3.05, 3.63) is 89.4 Å². The normalized spacial score (nSPS) is 13.6. The molecular formula is C24H25NO3. The summed E-state index contributed by atoms with van der Waals surface area (Å²) in [4.78, 5) is 15.3. The van der Waals surface area contributed by atoms with Crippen LogP contribution in [0.15, 0.2) is 71.5 Å². The van der Waals surface area contributed by atoms with Gasteiger partial charge in [0.05, 0.1) is 19.1 Å². The van der Waals surface area contributed by atoms with Crippen molar-refractivity contribution in [2.75, 3.05) is 6.61 Å². The lowest BCUT2D eigenvalue weighted by Gasteiger charge is -2.29. The molecule has 1 aliphatic heterocycles. The Morgan fingerprint density at radius 1 is 1.11 bits per heavy atom. The van der Waals surface area contributed by atoms with Crippen LogP contribution in [0.4, 0.5) is 0 Å². The summed E-state index contributed by atoms with van der Waals surface area (Å²) in [6, 6.07) is 18.2. The summed E-state index contributed by atoms with van der Waals surface area (Å²) in [5.41, 5.74) is 4.13. The van der Waals surface area contributed by atoms with Crippen LogP contribution in [0, 0.1) is 0 Å². The van der Waals surface area contributed by atoms with Crippen LogP contribution >= 0.6 is 0 Å². The Labute approximate surface area is 165 Å². The lowest BCUT2D eigenvalue weighted by Crippen LogP contribution is -2.38. The predicted octanol–water partition coefficient (Wildman–Crippen LogP) is 4.88. The maximum Gasteiger partial charge on any atom is 0.254 e. The van der Waals surface area contributed by atoms with Crippen LogP contribution in [0.5, 0.6) is 5.75 Å². The second kappa shape index (κ2) is 8.34. The first-order valence-electron chi connectivity index (χ1n) is 9.82. The topological polar surface area (TPSA) is 42.7 Å². The van der Waals surface area contributed by atoms with E-state index in [0.29, 0.717) is 13.2 Å². The zero-order chi connectivity index (χ0) is 19.3. The number of carbonyl (C=O) groups is 1. The number of aryl methyl sites for hydroxylation is 1. The van der Waals surface area contributed by atoms with Gasteiger partial charge in [-0.25, -0.2) is 0 Å². The fourth-order valence-electron chi connectivity index (χ4n) is 3.67. The lowest BCUT2D eigenvalue weighted by atomic mass is 10.0. The Balaban J connectivity index is 1.53. The summed E-state index contributed by atoms with van der Waals surface area (Å²) >= 11 is 0. The molecule has 28 heavy (non-hydrogen) atoms. The number of ether oxygens (including phenoxy) is 1. The van der Waals surface area contributed by atoms with Crippen LogP contribution in [0.25, 0.3) is 0 Å². The van der Waals surface area contributed by atoms with Gasteiger partial charge in [-0.15, -0.1) is 0 Å². The number of nitrogens with zero attached hydrogens (tertiary/aromatic N) is 1. The molecule has 144 valence electrons. The SMILES string of the molecule is C[C@H](CCc1ccccc1)N(Cc1ccoc1)C(=O)c1ccc2c(c1)CCO2. The molecule has 0 aliphatic carbocycles. The van der Waals surface area contributed by atoms with Crippen LogP contribution in [-0.4, -0.2) is 23.5 Å². The molecule has 4 heteroatoms. The van der Waals surface area contributed by atoms with Crippen molar-refractivity contribution < 1.29 is 13.9 Å². The second-order valence-corrected chi connectivity index (χ2v) is 7.36. The van der Waals surface area contributed by atoms with Gasteiger partial charge in [-0.1, -0.05) is 30.3 Å². The molecule has 3 aromatic rings. The Hall–Kier alpha value is -3.01. The van der Waals surface area contributed by atoms with E-state index < -0.39 is 0 Å². The van der Waals surface area contributed by atoms with Crippen molar-refractivity contribution in [3.63, 3.8) is 0 Å². The van der Waals surface area contributed by atoms with Gasteiger partial charge in [-0.3, -0.25) is 4.79 Å². The van der Waals surface area contributed by atoms with E-state index in [1.165, 1.54) is 5.56 Å². The highest BCUT2D eigenvalue weighted by atomic mass is 16.5. The van der Waals surface area contributed by atoms with E-state index in [1.807, 2.05) is 35.2 Å². The van der Waals surface area contributed by atoms with E-state index in [4.69, 9.17) is 9.15 Å². The average molecular weight is 375 g/mol. The number of rotatable bonds is 7. The highest BCUT2D eigenvalue weighted by Crippen LogP contribution is 2.27. The van der Waals surface area contributed by atoms with E-state index >= 15 is 0 Å². The highest BCUT2D eigenvalue weighted by Gasteiger charge is 2.24. The van der Waals surface area contributed by atoms with Crippen LogP contribution in [0.2, 0.25) is 0 Å². The summed E-state index contributed by atoms with van der Waals surface area (Å²) in [5.74, 6) is 0.950. The van der Waals surface area contributed by atoms with E-state index in [9.17, 15) is 4.79 Å². The third-order valence-corrected chi connectivity index (χ3v) is 5.36. The Kier molecular flexibility index (Phi) is 5.47. The van der Waals surface area contributed by atoms with Gasteiger partial charge < -0.3 is 14.1 Å². The fourth-order valence-corrected chi connectivity index (χ4v) is 3.67. The van der Waals surface area contributed by atoms with Crippen LogP contribution in [0.3, 0.4) is 0 Å². The minimum atomic E-state index is 0.0523. The summed E-state index contributed by atoms with van der Waals surface area (Å²) in [5, 5.41) is 0. The lowest BCUT2D eigenvalue weighted by molar-refractivity contribution is 0.0667. The molecule has 0 bridgehead atoms. The predicted molar refractivity (Wildman–Crippen MR) is 108 cm³/mol. The van der Waals surface area contributed by atoms with Gasteiger partial charge in [0.1, 0.15) is 5.75 Å². The first kappa shape index (κ1) is 18.4. The number of amides is 1. The zero-order valence-electron chi connectivity index (χ0n) is 16.1. The summed E-state index contributed by atoms with van der Waals surface area (Å²) in [7, 11) is 0. The van der Waals surface area contributed by atoms with Crippen molar-refractivity contribution in [3.8, 4) is 5.75 Å². The maximum absolute atomic E-state index is 13.4. The minimum absolute atomic E-state index is 0.0523. The molecule has 4 nitrogen and oxygen atoms in total. The zero-order valence-corrected chi connectivity index (χ0v) is 16.1. The number of hydrogen-bond acceptors (Lipinski definition) is 3. The van der Waals surface area contributed by atoms with Gasteiger partial charge in [-0.05, 0) is 55.2 Å². The Morgan fingerprint density at radius 2 is 1.96 bits per heavy atom. The van der Waals surface area contributed by atoms with Crippen molar-refractivity contribution in [1.29, 1.82) is 0 Å². The first-order valence-corrected chi connectivity index (χ1v) is 9.82. The van der Waals surface area contributed by atoms with Gasteiger partial charge >= 0.3 is 0 Å². The quantitative estimate of drug-likeness (QED) is 0.591. The smallest absolute Gasteiger partial charge is 0.254 e. The molecule has 0 saturated heterocycles. The molecule has 1 aromatic heterocycles. The molecule has 0 fully saturated rings. The largest absolute Gasteiger partial charge is 0.493 e. The maximum atomic E-state index is 13.4. The standard InChI is InChI=1S/C24H25NO3/c1-18(7-8-19-5-3-2-4-6-19)25(16-20-11-13-27-17-20)24(26)22-9-10-23-21(15-22)12-14-28-23/h2-6,9-11,13,15,17-18H,7-8,12,14,16H2,1H3/t18-/m1/s1. The molecular weight excluding hydrogens is 350 g/mol. The molecule has 1 aliphatic rings. The summed E-state index contributed by atoms with van der Waals surface area (Å²) in [6.45, 7) is 3.36. The Morgan fingerprint density at radius 3 is 2.75 bits per heavy atom. The summed E-state index contributed by atoms with van der Waals surface area (Å²) < 4.78 is 10.8. The Bertz CT molecular complexity index is 918. The van der Waals surface area contributed by atoms with Gasteiger partial charge in [0.15, 0.2) is 0 Å². The van der Waals surface area contributed by atoms with Crippen LogP contribution < -0.4 is 4.74 Å². The molecule has 1 amide bonds. The monoisotopic (exact) mass is 375 g/mol. The molecule has 0 unspecified atom stereocenters. The van der Waals surface area contributed by atoms with Crippen molar-refractivity contribution in [1.82, 2.24) is 4.90 Å². The van der Waals surface area contributed by atoms with E-state index in [2.05, 4.69) is 31.2 Å². The highest BCUT2D eigenvalue weighted by molar-refractivity contribution is 5.94. The fraction of sp³-hybridized carbons (Fsp3) is 0.292.